The highest BCUT2D eigenvalue weighted by Crippen LogP contribution is 2.40. The van der Waals surface area contributed by atoms with E-state index in [0.717, 1.165) is 5.56 Å². The van der Waals surface area contributed by atoms with Crippen LogP contribution in [0.5, 0.6) is 5.75 Å². The second kappa shape index (κ2) is 8.50. The Morgan fingerprint density at radius 2 is 1.68 bits per heavy atom. The number of allylic oxidation sites excluding steroid dienone is 1. The largest absolute Gasteiger partial charge is 0.478 e. The average molecular weight is 373 g/mol. The van der Waals surface area contributed by atoms with Crippen molar-refractivity contribution in [2.24, 2.45) is 0 Å². The molecule has 1 aliphatic rings. The third-order valence-electron chi connectivity index (χ3n) is 3.93. The molecule has 1 heterocycles. The van der Waals surface area contributed by atoms with Gasteiger partial charge in [0.05, 0.1) is 0 Å². The molecule has 3 rings (SSSR count). The first-order valence-electron chi connectivity index (χ1n) is 8.16. The van der Waals surface area contributed by atoms with E-state index in [0.29, 0.717) is 11.3 Å². The minimum absolute atomic E-state index is 0.557. The van der Waals surface area contributed by atoms with Gasteiger partial charge in [0.15, 0.2) is 0 Å². The van der Waals surface area contributed by atoms with E-state index in [-0.39, 0.29) is 0 Å². The molecule has 1 N–H and O–H groups in total. The van der Waals surface area contributed by atoms with Gasteiger partial charge in [-0.25, -0.2) is 4.79 Å². The van der Waals surface area contributed by atoms with Crippen LogP contribution in [-0.2, 0) is 4.79 Å². The van der Waals surface area contributed by atoms with Crippen LogP contribution < -0.4 is 4.74 Å². The molecule has 2 aromatic rings. The topological polar surface area (TPSA) is 46.5 Å². The number of ether oxygens (including phenoxy) is 1. The molecule has 0 radical (unpaired) electrons. The molecule has 0 bridgehead atoms. The zero-order valence-electron chi connectivity index (χ0n) is 14.0. The SMILES string of the molecule is CC(=C1SCCCS1)c1ccc(OC(C(=O)O)c2ccccc2)cc1. The van der Waals surface area contributed by atoms with Crippen molar-refractivity contribution >= 4 is 35.1 Å². The Kier molecular flexibility index (Phi) is 6.10. The van der Waals surface area contributed by atoms with Crippen molar-refractivity contribution in [3.63, 3.8) is 0 Å². The molecule has 5 heteroatoms. The maximum absolute atomic E-state index is 11.5. The number of benzene rings is 2. The lowest BCUT2D eigenvalue weighted by molar-refractivity contribution is -0.145. The molecule has 1 saturated heterocycles. The van der Waals surface area contributed by atoms with Crippen molar-refractivity contribution in [1.29, 1.82) is 0 Å². The number of carboxylic acids is 1. The van der Waals surface area contributed by atoms with Crippen molar-refractivity contribution in [3.8, 4) is 5.75 Å². The summed E-state index contributed by atoms with van der Waals surface area (Å²) in [7, 11) is 0. The van der Waals surface area contributed by atoms with Crippen molar-refractivity contribution in [1.82, 2.24) is 0 Å². The fraction of sp³-hybridized carbons (Fsp3) is 0.250. The molecule has 0 spiro atoms. The van der Waals surface area contributed by atoms with E-state index < -0.39 is 12.1 Å². The third-order valence-corrected chi connectivity index (χ3v) is 6.76. The summed E-state index contributed by atoms with van der Waals surface area (Å²) in [5.74, 6) is 1.92. The van der Waals surface area contributed by atoms with Gasteiger partial charge >= 0.3 is 5.97 Å². The molecule has 0 saturated carbocycles. The Hall–Kier alpha value is -1.85. The van der Waals surface area contributed by atoms with Crippen molar-refractivity contribution in [2.75, 3.05) is 11.5 Å². The molecule has 1 atom stereocenters. The van der Waals surface area contributed by atoms with Gasteiger partial charge in [-0.3, -0.25) is 0 Å². The quantitative estimate of drug-likeness (QED) is 0.756. The molecule has 25 heavy (non-hydrogen) atoms. The predicted molar refractivity (Wildman–Crippen MR) is 106 cm³/mol. The Labute approximate surface area is 156 Å². The summed E-state index contributed by atoms with van der Waals surface area (Å²) in [5, 5.41) is 9.46. The van der Waals surface area contributed by atoms with Crippen LogP contribution in [0.3, 0.4) is 0 Å². The highest BCUT2D eigenvalue weighted by Gasteiger charge is 2.21. The standard InChI is InChI=1S/C20H20O3S2/c1-14(20-24-12-5-13-25-20)15-8-10-17(11-9-15)23-18(19(21)22)16-6-3-2-4-7-16/h2-4,6-11,18H,5,12-13H2,1H3,(H,21,22). The highest BCUT2D eigenvalue weighted by atomic mass is 32.2. The van der Waals surface area contributed by atoms with Gasteiger partial charge in [-0.05, 0) is 48.1 Å². The molecule has 3 nitrogen and oxygen atoms in total. The zero-order valence-corrected chi connectivity index (χ0v) is 15.6. The number of thioether (sulfide) groups is 2. The second-order valence-electron chi connectivity index (χ2n) is 5.73. The van der Waals surface area contributed by atoms with E-state index in [1.165, 1.54) is 27.7 Å². The summed E-state index contributed by atoms with van der Waals surface area (Å²) in [6.45, 7) is 2.14. The molecular weight excluding hydrogens is 352 g/mol. The van der Waals surface area contributed by atoms with Crippen LogP contribution in [0, 0.1) is 0 Å². The minimum atomic E-state index is -1.00. The first-order chi connectivity index (χ1) is 12.1. The van der Waals surface area contributed by atoms with Crippen LogP contribution in [-0.4, -0.2) is 22.6 Å². The number of hydrogen-bond donors (Lipinski definition) is 1. The molecule has 1 aliphatic heterocycles. The maximum Gasteiger partial charge on any atom is 0.349 e. The first kappa shape index (κ1) is 18.0. The summed E-state index contributed by atoms with van der Waals surface area (Å²) in [5.41, 5.74) is 3.06. The Morgan fingerprint density at radius 1 is 1.04 bits per heavy atom. The second-order valence-corrected chi connectivity index (χ2v) is 8.20. The van der Waals surface area contributed by atoms with Crippen LogP contribution in [0.25, 0.3) is 5.57 Å². The Bertz CT molecular complexity index is 746. The maximum atomic E-state index is 11.5. The molecule has 1 unspecified atom stereocenters. The van der Waals surface area contributed by atoms with E-state index in [2.05, 4.69) is 6.92 Å². The van der Waals surface area contributed by atoms with E-state index in [1.54, 1.807) is 12.1 Å². The van der Waals surface area contributed by atoms with Crippen LogP contribution in [0.15, 0.2) is 58.8 Å². The molecule has 1 fully saturated rings. The number of hydrogen-bond acceptors (Lipinski definition) is 4. The molecule has 0 aromatic heterocycles. The number of carboxylic acid groups (broad SMARTS) is 1. The monoisotopic (exact) mass is 372 g/mol. The number of aliphatic carboxylic acids is 1. The highest BCUT2D eigenvalue weighted by molar-refractivity contribution is 8.23. The normalized spacial score (nSPS) is 15.5. The van der Waals surface area contributed by atoms with Gasteiger partial charge in [0.25, 0.3) is 0 Å². The number of carbonyl (C=O) groups is 1. The van der Waals surface area contributed by atoms with Gasteiger partial charge in [-0.1, -0.05) is 42.5 Å². The first-order valence-corrected chi connectivity index (χ1v) is 10.1. The van der Waals surface area contributed by atoms with Gasteiger partial charge < -0.3 is 9.84 Å². The van der Waals surface area contributed by atoms with Crippen molar-refractivity contribution in [3.05, 3.63) is 70.0 Å². The lowest BCUT2D eigenvalue weighted by Crippen LogP contribution is -2.18. The third kappa shape index (κ3) is 4.61. The molecular formula is C20H20O3S2. The van der Waals surface area contributed by atoms with E-state index in [4.69, 9.17) is 4.74 Å². The van der Waals surface area contributed by atoms with Crippen LogP contribution >= 0.6 is 23.5 Å². The Morgan fingerprint density at radius 3 is 2.28 bits per heavy atom. The Balaban J connectivity index is 1.76. The average Bonchev–Trinajstić information content (AvgIpc) is 2.67. The van der Waals surface area contributed by atoms with Crippen LogP contribution in [0.1, 0.15) is 30.6 Å². The fourth-order valence-electron chi connectivity index (χ4n) is 2.57. The summed E-state index contributed by atoms with van der Waals surface area (Å²) in [4.78, 5) is 11.5. The van der Waals surface area contributed by atoms with Gasteiger partial charge in [-0.15, -0.1) is 23.5 Å². The molecule has 0 aliphatic carbocycles. The van der Waals surface area contributed by atoms with Crippen LogP contribution in [0.2, 0.25) is 0 Å². The summed E-state index contributed by atoms with van der Waals surface area (Å²) in [6, 6.07) is 16.7. The smallest absolute Gasteiger partial charge is 0.349 e. The van der Waals surface area contributed by atoms with Crippen molar-refractivity contribution < 1.29 is 14.6 Å². The van der Waals surface area contributed by atoms with E-state index in [1.807, 2.05) is 66.0 Å². The zero-order chi connectivity index (χ0) is 17.6. The van der Waals surface area contributed by atoms with Crippen molar-refractivity contribution in [2.45, 2.75) is 19.4 Å². The van der Waals surface area contributed by atoms with Gasteiger partial charge in [0.2, 0.25) is 6.10 Å². The number of rotatable bonds is 5. The molecule has 0 amide bonds. The lowest BCUT2D eigenvalue weighted by atomic mass is 10.1. The summed E-state index contributed by atoms with van der Waals surface area (Å²) >= 11 is 3.83. The molecule has 130 valence electrons. The van der Waals surface area contributed by atoms with E-state index >= 15 is 0 Å². The molecule has 2 aromatic carbocycles. The predicted octanol–water partition coefficient (Wildman–Crippen LogP) is 5.45. The van der Waals surface area contributed by atoms with Crippen LogP contribution in [0.4, 0.5) is 0 Å². The minimum Gasteiger partial charge on any atom is -0.478 e. The van der Waals surface area contributed by atoms with E-state index in [9.17, 15) is 9.90 Å². The van der Waals surface area contributed by atoms with Gasteiger partial charge in [0, 0.05) is 9.80 Å². The summed E-state index contributed by atoms with van der Waals surface area (Å²) < 4.78 is 7.10. The summed E-state index contributed by atoms with van der Waals surface area (Å²) in [6.07, 6.45) is 0.255. The lowest BCUT2D eigenvalue weighted by Gasteiger charge is -2.17. The van der Waals surface area contributed by atoms with Gasteiger partial charge in [-0.2, -0.15) is 0 Å². The fourth-order valence-corrected chi connectivity index (χ4v) is 5.21. The van der Waals surface area contributed by atoms with Gasteiger partial charge in [0.1, 0.15) is 5.75 Å².